The third kappa shape index (κ3) is 30.0. The largest absolute Gasteiger partial charge is 0.486 e. The quantitative estimate of drug-likeness (QED) is 0.0175. The molecule has 0 aliphatic heterocycles. The maximum Gasteiger partial charge on any atom is 0.344 e. The van der Waals surface area contributed by atoms with Crippen LogP contribution in [0.1, 0.15) is 85.2 Å². The molecule has 4 rings (SSSR count). The van der Waals surface area contributed by atoms with Gasteiger partial charge >= 0.3 is 11.9 Å². The molecule has 1 heterocycles. The fourth-order valence-corrected chi connectivity index (χ4v) is 8.79. The third-order valence-corrected chi connectivity index (χ3v) is 13.2. The zero-order valence-electron chi connectivity index (χ0n) is 54.8. The number of ether oxygens (including phenoxy) is 20. The molecule has 0 bridgehead atoms. The fourth-order valence-electron chi connectivity index (χ4n) is 8.79. The van der Waals surface area contributed by atoms with Crippen molar-refractivity contribution >= 4 is 33.7 Å². The summed E-state index contributed by atoms with van der Waals surface area (Å²) in [7, 11) is 7.73. The first-order valence-electron chi connectivity index (χ1n) is 31.1. The molecule has 0 fully saturated rings. The maximum absolute atomic E-state index is 15.3. The Hall–Kier alpha value is -4.77. The van der Waals surface area contributed by atoms with Gasteiger partial charge < -0.3 is 94.7 Å². The van der Waals surface area contributed by atoms with Crippen LogP contribution in [-0.2, 0) is 80.5 Å². The zero-order valence-corrected chi connectivity index (χ0v) is 54.8. The van der Waals surface area contributed by atoms with Crippen LogP contribution in [0.2, 0.25) is 0 Å². The summed E-state index contributed by atoms with van der Waals surface area (Å²) in [6.07, 6.45) is 0.145. The van der Waals surface area contributed by atoms with Crippen LogP contribution in [0.5, 0.6) is 17.2 Å². The van der Waals surface area contributed by atoms with Gasteiger partial charge in [0.1, 0.15) is 53.9 Å². The number of hydrogen-bond acceptors (Lipinski definition) is 23. The van der Waals surface area contributed by atoms with Crippen LogP contribution in [-0.4, -0.2) is 248 Å². The first kappa shape index (κ1) is 76.7. The van der Waals surface area contributed by atoms with Crippen molar-refractivity contribution in [1.29, 1.82) is 0 Å². The van der Waals surface area contributed by atoms with Gasteiger partial charge in [-0.25, -0.2) is 14.6 Å². The van der Waals surface area contributed by atoms with E-state index in [9.17, 15) is 4.79 Å². The highest BCUT2D eigenvalue weighted by molar-refractivity contribution is 6.15. The summed E-state index contributed by atoms with van der Waals surface area (Å²) in [5, 5.41) is 0.813. The molecule has 3 aromatic carbocycles. The molecule has 89 heavy (non-hydrogen) atoms. The van der Waals surface area contributed by atoms with E-state index in [-0.39, 0.29) is 64.2 Å². The highest BCUT2D eigenvalue weighted by Crippen LogP contribution is 2.35. The Morgan fingerprint density at radius 1 is 0.382 bits per heavy atom. The second-order valence-corrected chi connectivity index (χ2v) is 21.0. The number of aromatic nitrogens is 1. The smallest absolute Gasteiger partial charge is 0.344 e. The summed E-state index contributed by atoms with van der Waals surface area (Å²) in [4.78, 5) is 33.1. The van der Waals surface area contributed by atoms with Crippen molar-refractivity contribution in [2.24, 2.45) is 0 Å². The summed E-state index contributed by atoms with van der Waals surface area (Å²) >= 11 is 0. The van der Waals surface area contributed by atoms with Crippen LogP contribution >= 0.6 is 0 Å². The van der Waals surface area contributed by atoms with Gasteiger partial charge in [-0.15, -0.1) is 0 Å². The molecule has 0 unspecified atom stereocenters. The highest BCUT2D eigenvalue weighted by Gasteiger charge is 2.26. The average Bonchev–Trinajstić information content (AvgIpc) is 1.08. The number of aryl methyl sites for hydroxylation is 2. The molecule has 23 nitrogen and oxygen atoms in total. The molecule has 504 valence electrons. The summed E-state index contributed by atoms with van der Waals surface area (Å²) < 4.78 is 119. The Bertz CT molecular complexity index is 2390. The van der Waals surface area contributed by atoms with Gasteiger partial charge in [0.2, 0.25) is 0 Å². The van der Waals surface area contributed by atoms with E-state index in [1.165, 1.54) is 7.11 Å². The van der Waals surface area contributed by atoms with Gasteiger partial charge in [0.25, 0.3) is 0 Å². The Balaban J connectivity index is 1.88. The number of hydrogen-bond donors (Lipinski definition) is 0. The van der Waals surface area contributed by atoms with E-state index in [1.807, 2.05) is 0 Å². The standard InChI is InChI=1S/C66H103NO22/c1-12-20-75-36-53(37-76-21-13-2)83-44-57(45-84-54(38-77-22-14-3)39-78-23-15-4)87-51-16-18-61-59(34-51)63(66(69)89-64-48(5)32-50(33-49(64)6)65(68)74-11)60-35-52(17-19-62(60)67-61)88-58(46-85-55(40-79-28-24-70-7)41-80-29-25-71-8)47-86-56(42-81-30-26-72-9)43-82-31-27-73-10/h16-19,32-35,53-58H,12-15,20-31,36-47H2,1-11H3. The number of carbonyl (C=O) groups excluding carboxylic acids is 2. The molecular formula is C66H103NO22. The molecule has 23 heteroatoms. The van der Waals surface area contributed by atoms with E-state index in [2.05, 4.69) is 27.7 Å². The molecule has 0 N–H and O–H groups in total. The van der Waals surface area contributed by atoms with Crippen LogP contribution < -0.4 is 14.2 Å². The van der Waals surface area contributed by atoms with Gasteiger partial charge in [0.05, 0.1) is 161 Å². The van der Waals surface area contributed by atoms with Crippen LogP contribution in [0.15, 0.2) is 48.5 Å². The van der Waals surface area contributed by atoms with Gasteiger partial charge in [-0.3, -0.25) is 0 Å². The molecule has 0 amide bonds. The molecule has 0 aliphatic rings. The molecule has 0 spiro atoms. The molecule has 4 aromatic rings. The normalized spacial score (nSPS) is 12.0. The SMILES string of the molecule is CCCOCC(COCCC)OCC(COC(COCCC)COCCC)Oc1ccc2nc3ccc(OC(COC(COCCOC)COCCOC)COC(COCCOC)COCCOC)cc3c(C(=O)Oc3c(C)cc(C(=O)OC)cc3C)c2c1. The second kappa shape index (κ2) is 47.2. The number of methoxy groups -OCH3 is 5. The van der Waals surface area contributed by atoms with Crippen LogP contribution in [0.4, 0.5) is 0 Å². The van der Waals surface area contributed by atoms with Crippen LogP contribution in [0.3, 0.4) is 0 Å². The lowest BCUT2D eigenvalue weighted by Gasteiger charge is -2.26. The van der Waals surface area contributed by atoms with Crippen molar-refractivity contribution in [3.63, 3.8) is 0 Å². The Labute approximate surface area is 527 Å². The van der Waals surface area contributed by atoms with Crippen molar-refractivity contribution in [1.82, 2.24) is 4.98 Å². The van der Waals surface area contributed by atoms with Crippen molar-refractivity contribution in [3.8, 4) is 17.2 Å². The first-order valence-corrected chi connectivity index (χ1v) is 31.1. The van der Waals surface area contributed by atoms with Gasteiger partial charge in [-0.1, -0.05) is 27.7 Å². The van der Waals surface area contributed by atoms with Crippen molar-refractivity contribution < 1.29 is 104 Å². The van der Waals surface area contributed by atoms with Gasteiger partial charge in [-0.05, 0) is 99.2 Å². The first-order chi connectivity index (χ1) is 43.4. The lowest BCUT2D eigenvalue weighted by atomic mass is 10.0. The van der Waals surface area contributed by atoms with E-state index in [4.69, 9.17) is 99.7 Å². The van der Waals surface area contributed by atoms with Crippen molar-refractivity contribution in [2.75, 3.05) is 194 Å². The van der Waals surface area contributed by atoms with E-state index in [0.29, 0.717) is 156 Å². The van der Waals surface area contributed by atoms with Gasteiger partial charge in [0, 0.05) is 65.6 Å². The summed E-state index contributed by atoms with van der Waals surface area (Å²) in [5.74, 6) is -0.220. The third-order valence-electron chi connectivity index (χ3n) is 13.2. The monoisotopic (exact) mass is 1260 g/mol. The van der Waals surface area contributed by atoms with Gasteiger partial charge in [0.15, 0.2) is 0 Å². The summed E-state index contributed by atoms with van der Waals surface area (Å²) in [5.41, 5.74) is 2.49. The van der Waals surface area contributed by atoms with Crippen molar-refractivity contribution in [2.45, 2.75) is 104 Å². The molecule has 0 radical (unpaired) electrons. The number of esters is 2. The summed E-state index contributed by atoms with van der Waals surface area (Å²) in [6.45, 7) is 19.3. The van der Waals surface area contributed by atoms with Crippen LogP contribution in [0, 0.1) is 13.8 Å². The lowest BCUT2D eigenvalue weighted by molar-refractivity contribution is -0.114. The number of fused-ring (bicyclic) bond motifs is 2. The van der Waals surface area contributed by atoms with E-state index in [1.54, 1.807) is 90.8 Å². The minimum absolute atomic E-state index is 0.0165. The Morgan fingerprint density at radius 3 is 0.989 bits per heavy atom. The predicted molar refractivity (Wildman–Crippen MR) is 334 cm³/mol. The molecule has 0 aliphatic carbocycles. The molecule has 1 aromatic heterocycles. The van der Waals surface area contributed by atoms with Crippen molar-refractivity contribution in [3.05, 3.63) is 70.8 Å². The maximum atomic E-state index is 15.3. The minimum Gasteiger partial charge on any atom is -0.486 e. The number of rotatable bonds is 55. The summed E-state index contributed by atoms with van der Waals surface area (Å²) in [6, 6.07) is 13.9. The molecular weight excluding hydrogens is 1160 g/mol. The molecule has 0 atom stereocenters. The number of carbonyl (C=O) groups is 2. The average molecular weight is 1260 g/mol. The van der Waals surface area contributed by atoms with E-state index < -0.39 is 48.6 Å². The van der Waals surface area contributed by atoms with E-state index in [0.717, 1.165) is 25.7 Å². The minimum atomic E-state index is -0.760. The highest BCUT2D eigenvalue weighted by atomic mass is 16.6. The zero-order chi connectivity index (χ0) is 64.3. The Morgan fingerprint density at radius 2 is 0.697 bits per heavy atom. The lowest BCUT2D eigenvalue weighted by Crippen LogP contribution is -2.37. The number of nitrogens with zero attached hydrogens (tertiary/aromatic N) is 1. The Kier molecular flexibility index (Phi) is 40.6. The fraction of sp³-hybridized carbons (Fsp3) is 0.682. The van der Waals surface area contributed by atoms with Gasteiger partial charge in [-0.2, -0.15) is 0 Å². The van der Waals surface area contributed by atoms with Crippen LogP contribution in [0.25, 0.3) is 21.8 Å². The molecule has 0 saturated heterocycles. The predicted octanol–water partition coefficient (Wildman–Crippen LogP) is 8.40. The second-order valence-electron chi connectivity index (χ2n) is 21.0. The number of benzene rings is 3. The topological polar surface area (TPSA) is 232 Å². The number of pyridine rings is 1. The molecule has 0 saturated carbocycles. The van der Waals surface area contributed by atoms with E-state index >= 15 is 4.79 Å².